The molecule has 0 aliphatic carbocycles. The summed E-state index contributed by atoms with van der Waals surface area (Å²) in [5.41, 5.74) is 0. The number of benzene rings is 2. The second kappa shape index (κ2) is 8.85. The number of aliphatic hydroxyl groups is 1. The molecule has 1 fully saturated rings. The molecular formula is C22H26N2O2S. The van der Waals surface area contributed by atoms with Crippen molar-refractivity contribution in [1.29, 1.82) is 0 Å². The Kier molecular flexibility index (Phi) is 6.04. The van der Waals surface area contributed by atoms with E-state index in [2.05, 4.69) is 45.5 Å². The lowest BCUT2D eigenvalue weighted by Crippen LogP contribution is -2.48. The highest BCUT2D eigenvalue weighted by Gasteiger charge is 2.19. The van der Waals surface area contributed by atoms with Crippen molar-refractivity contribution >= 4 is 22.1 Å². The van der Waals surface area contributed by atoms with Crippen molar-refractivity contribution in [1.82, 2.24) is 9.80 Å². The first-order valence-electron chi connectivity index (χ1n) is 9.53. The van der Waals surface area contributed by atoms with Crippen LogP contribution in [0.1, 0.15) is 4.88 Å². The number of aliphatic hydroxyl groups excluding tert-OH is 1. The third kappa shape index (κ3) is 5.08. The highest BCUT2D eigenvalue weighted by molar-refractivity contribution is 7.09. The molecule has 3 aromatic rings. The smallest absolute Gasteiger partial charge is 0.120 e. The minimum absolute atomic E-state index is 0.327. The molecule has 0 radical (unpaired) electrons. The van der Waals surface area contributed by atoms with E-state index in [1.807, 2.05) is 35.6 Å². The fourth-order valence-corrected chi connectivity index (χ4v) is 4.30. The van der Waals surface area contributed by atoms with E-state index in [0.29, 0.717) is 13.2 Å². The summed E-state index contributed by atoms with van der Waals surface area (Å²) in [5, 5.41) is 14.9. The Bertz CT molecular complexity index is 844. The van der Waals surface area contributed by atoms with E-state index < -0.39 is 6.10 Å². The maximum absolute atomic E-state index is 10.4. The second-order valence-electron chi connectivity index (χ2n) is 7.13. The molecule has 0 saturated carbocycles. The maximum Gasteiger partial charge on any atom is 0.120 e. The molecule has 2 heterocycles. The standard InChI is InChI=1S/C22H26N2O2S/c25-20(17-26-21-8-7-18-4-1-2-5-19(18)14-21)15-23-9-11-24(12-10-23)16-22-6-3-13-27-22/h1-8,13-14,20,25H,9-12,15-17H2/t20-/m0/s1. The average Bonchev–Trinajstić information content (AvgIpc) is 3.21. The number of β-amino-alcohol motifs (C(OH)–C–C–N with tert-alkyl or cyclic N) is 1. The number of hydrogen-bond acceptors (Lipinski definition) is 5. The second-order valence-corrected chi connectivity index (χ2v) is 8.16. The van der Waals surface area contributed by atoms with Crippen molar-refractivity contribution in [3.63, 3.8) is 0 Å². The zero-order valence-electron chi connectivity index (χ0n) is 15.5. The third-order valence-electron chi connectivity index (χ3n) is 5.06. The molecule has 1 atom stereocenters. The van der Waals surface area contributed by atoms with E-state index >= 15 is 0 Å². The van der Waals surface area contributed by atoms with E-state index in [1.165, 1.54) is 10.3 Å². The van der Waals surface area contributed by atoms with Gasteiger partial charge in [0.05, 0.1) is 0 Å². The van der Waals surface area contributed by atoms with Gasteiger partial charge in [0.1, 0.15) is 18.5 Å². The minimum Gasteiger partial charge on any atom is -0.491 e. The Morgan fingerprint density at radius 3 is 2.48 bits per heavy atom. The van der Waals surface area contributed by atoms with Crippen LogP contribution in [0.15, 0.2) is 60.0 Å². The van der Waals surface area contributed by atoms with Crippen molar-refractivity contribution in [3.8, 4) is 5.75 Å². The molecule has 1 N–H and O–H groups in total. The van der Waals surface area contributed by atoms with Gasteiger partial charge in [-0.2, -0.15) is 0 Å². The third-order valence-corrected chi connectivity index (χ3v) is 5.92. The zero-order chi connectivity index (χ0) is 18.5. The van der Waals surface area contributed by atoms with Gasteiger partial charge >= 0.3 is 0 Å². The van der Waals surface area contributed by atoms with Crippen molar-refractivity contribution in [2.45, 2.75) is 12.6 Å². The molecule has 0 amide bonds. The number of ether oxygens (including phenoxy) is 1. The normalized spacial score (nSPS) is 17.2. The van der Waals surface area contributed by atoms with Gasteiger partial charge in [0.25, 0.3) is 0 Å². The summed E-state index contributed by atoms with van der Waals surface area (Å²) in [6.07, 6.45) is -0.472. The molecule has 4 nitrogen and oxygen atoms in total. The summed E-state index contributed by atoms with van der Waals surface area (Å²) in [4.78, 5) is 6.24. The van der Waals surface area contributed by atoms with Gasteiger partial charge in [-0.3, -0.25) is 9.80 Å². The van der Waals surface area contributed by atoms with Gasteiger partial charge in [0.2, 0.25) is 0 Å². The van der Waals surface area contributed by atoms with Crippen LogP contribution in [0.2, 0.25) is 0 Å². The molecule has 4 rings (SSSR count). The summed E-state index contributed by atoms with van der Waals surface area (Å²) in [6.45, 7) is 6.14. The van der Waals surface area contributed by atoms with Gasteiger partial charge in [0, 0.05) is 44.1 Å². The molecule has 1 saturated heterocycles. The van der Waals surface area contributed by atoms with Gasteiger partial charge in [-0.15, -0.1) is 11.3 Å². The van der Waals surface area contributed by atoms with Crippen LogP contribution in [-0.4, -0.2) is 60.3 Å². The van der Waals surface area contributed by atoms with Gasteiger partial charge in [-0.25, -0.2) is 0 Å². The Hall–Kier alpha value is -1.92. The van der Waals surface area contributed by atoms with Gasteiger partial charge in [-0.1, -0.05) is 36.4 Å². The van der Waals surface area contributed by atoms with Crippen LogP contribution >= 0.6 is 11.3 Å². The summed E-state index contributed by atoms with van der Waals surface area (Å²) in [6, 6.07) is 18.6. The first-order chi connectivity index (χ1) is 13.3. The maximum atomic E-state index is 10.4. The minimum atomic E-state index is -0.472. The quantitative estimate of drug-likeness (QED) is 0.679. The van der Waals surface area contributed by atoms with E-state index in [0.717, 1.165) is 43.9 Å². The average molecular weight is 383 g/mol. The van der Waals surface area contributed by atoms with Crippen LogP contribution < -0.4 is 4.74 Å². The van der Waals surface area contributed by atoms with Gasteiger partial charge in [-0.05, 0) is 34.4 Å². The number of fused-ring (bicyclic) bond motifs is 1. The SMILES string of the molecule is O[C@H](COc1ccc2ccccc2c1)CN1CCN(Cc2cccs2)CC1. The first-order valence-corrected chi connectivity index (χ1v) is 10.4. The highest BCUT2D eigenvalue weighted by Crippen LogP contribution is 2.20. The van der Waals surface area contributed by atoms with Crippen molar-refractivity contribution in [3.05, 3.63) is 64.9 Å². The molecule has 1 aliphatic rings. The van der Waals surface area contributed by atoms with Crippen molar-refractivity contribution in [2.75, 3.05) is 39.3 Å². The Morgan fingerprint density at radius 1 is 0.926 bits per heavy atom. The Labute approximate surface area is 164 Å². The molecule has 27 heavy (non-hydrogen) atoms. The van der Waals surface area contributed by atoms with Crippen LogP contribution in [0, 0.1) is 0 Å². The molecule has 0 bridgehead atoms. The predicted molar refractivity (Wildman–Crippen MR) is 111 cm³/mol. The predicted octanol–water partition coefficient (Wildman–Crippen LogP) is 3.46. The molecule has 1 aromatic heterocycles. The molecule has 142 valence electrons. The van der Waals surface area contributed by atoms with Crippen LogP contribution in [-0.2, 0) is 6.54 Å². The fourth-order valence-electron chi connectivity index (χ4n) is 3.55. The molecule has 1 aliphatic heterocycles. The fraction of sp³-hybridized carbons (Fsp3) is 0.364. The number of thiophene rings is 1. The summed E-state index contributed by atoms with van der Waals surface area (Å²) in [7, 11) is 0. The largest absolute Gasteiger partial charge is 0.491 e. The summed E-state index contributed by atoms with van der Waals surface area (Å²) >= 11 is 1.82. The van der Waals surface area contributed by atoms with Crippen molar-refractivity contribution < 1.29 is 9.84 Å². The molecular weight excluding hydrogens is 356 g/mol. The number of nitrogens with zero attached hydrogens (tertiary/aromatic N) is 2. The van der Waals surface area contributed by atoms with E-state index in [1.54, 1.807) is 0 Å². The van der Waals surface area contributed by atoms with Crippen molar-refractivity contribution in [2.24, 2.45) is 0 Å². The molecule has 5 heteroatoms. The molecule has 0 spiro atoms. The van der Waals surface area contributed by atoms with Crippen LogP contribution in [0.4, 0.5) is 0 Å². The van der Waals surface area contributed by atoms with Gasteiger partial charge in [0.15, 0.2) is 0 Å². The van der Waals surface area contributed by atoms with E-state index in [4.69, 9.17) is 4.74 Å². The Morgan fingerprint density at radius 2 is 1.70 bits per heavy atom. The lowest BCUT2D eigenvalue weighted by Gasteiger charge is -2.35. The molecule has 2 aromatic carbocycles. The van der Waals surface area contributed by atoms with Gasteiger partial charge < -0.3 is 9.84 Å². The summed E-state index contributed by atoms with van der Waals surface area (Å²) in [5.74, 6) is 0.813. The monoisotopic (exact) mass is 382 g/mol. The zero-order valence-corrected chi connectivity index (χ0v) is 16.3. The topological polar surface area (TPSA) is 35.9 Å². The highest BCUT2D eigenvalue weighted by atomic mass is 32.1. The van der Waals surface area contributed by atoms with Crippen LogP contribution in [0.3, 0.4) is 0 Å². The number of piperazine rings is 1. The first kappa shape index (κ1) is 18.4. The number of hydrogen-bond donors (Lipinski definition) is 1. The number of rotatable bonds is 7. The van der Waals surface area contributed by atoms with E-state index in [-0.39, 0.29) is 0 Å². The van der Waals surface area contributed by atoms with Crippen LogP contribution in [0.5, 0.6) is 5.75 Å². The van der Waals surface area contributed by atoms with Crippen LogP contribution in [0.25, 0.3) is 10.8 Å². The van der Waals surface area contributed by atoms with E-state index in [9.17, 15) is 5.11 Å². The summed E-state index contributed by atoms with van der Waals surface area (Å²) < 4.78 is 5.82. The lowest BCUT2D eigenvalue weighted by molar-refractivity contribution is 0.0448. The molecule has 0 unspecified atom stereocenters. The Balaban J connectivity index is 1.21. The lowest BCUT2D eigenvalue weighted by atomic mass is 10.1.